The number of hydrogen-bond donors (Lipinski definition) is 2. The Hall–Kier alpha value is -1.11. The van der Waals surface area contributed by atoms with E-state index in [1.54, 1.807) is 6.07 Å². The van der Waals surface area contributed by atoms with Crippen LogP contribution in [0.1, 0.15) is 19.2 Å². The van der Waals surface area contributed by atoms with Crippen LogP contribution in [0.5, 0.6) is 0 Å². The molecule has 1 aromatic heterocycles. The highest BCUT2D eigenvalue weighted by molar-refractivity contribution is 9.10. The van der Waals surface area contributed by atoms with Crippen LogP contribution in [0.2, 0.25) is 5.02 Å². The lowest BCUT2D eigenvalue weighted by Crippen LogP contribution is -2.13. The lowest BCUT2D eigenvalue weighted by Gasteiger charge is -2.02. The molecule has 1 aromatic carbocycles. The van der Waals surface area contributed by atoms with E-state index in [0.717, 1.165) is 23.1 Å². The second-order valence-electron chi connectivity index (χ2n) is 3.93. The molecule has 19 heavy (non-hydrogen) atoms. The van der Waals surface area contributed by atoms with Crippen LogP contribution in [0, 0.1) is 0 Å². The van der Waals surface area contributed by atoms with Crippen LogP contribution in [-0.2, 0) is 6.54 Å². The highest BCUT2D eigenvalue weighted by Gasteiger charge is 2.06. The highest BCUT2D eigenvalue weighted by Crippen LogP contribution is 2.26. The first kappa shape index (κ1) is 14.3. The first-order valence-corrected chi connectivity index (χ1v) is 7.11. The van der Waals surface area contributed by atoms with Gasteiger partial charge in [-0.25, -0.2) is 0 Å². The smallest absolute Gasteiger partial charge is 0.320 e. The summed E-state index contributed by atoms with van der Waals surface area (Å²) >= 11 is 9.28. The van der Waals surface area contributed by atoms with Gasteiger partial charge in [0.15, 0.2) is 0 Å². The molecule has 0 aliphatic heterocycles. The number of benzene rings is 1. The van der Waals surface area contributed by atoms with Crippen molar-refractivity contribution in [3.05, 3.63) is 33.6 Å². The Labute approximate surface area is 124 Å². The van der Waals surface area contributed by atoms with Crippen LogP contribution in [0.15, 0.2) is 27.1 Å². The molecule has 0 saturated heterocycles. The van der Waals surface area contributed by atoms with Crippen LogP contribution >= 0.6 is 27.5 Å². The minimum absolute atomic E-state index is 0.363. The Morgan fingerprint density at radius 2 is 2.21 bits per heavy atom. The molecular formula is C12H14BrClN4O. The molecule has 0 saturated carbocycles. The van der Waals surface area contributed by atoms with Gasteiger partial charge in [-0.3, -0.25) is 0 Å². The second kappa shape index (κ2) is 6.88. The largest absolute Gasteiger partial charge is 0.406 e. The van der Waals surface area contributed by atoms with Crippen molar-refractivity contribution in [2.45, 2.75) is 19.9 Å². The molecule has 0 radical (unpaired) electrons. The van der Waals surface area contributed by atoms with Crippen molar-refractivity contribution >= 4 is 39.2 Å². The molecule has 2 aromatic rings. The van der Waals surface area contributed by atoms with E-state index in [0.29, 0.717) is 23.5 Å². The molecule has 0 atom stereocenters. The van der Waals surface area contributed by atoms with Gasteiger partial charge >= 0.3 is 6.01 Å². The fourth-order valence-corrected chi connectivity index (χ4v) is 1.94. The second-order valence-corrected chi connectivity index (χ2v) is 5.19. The van der Waals surface area contributed by atoms with Crippen LogP contribution < -0.4 is 10.6 Å². The van der Waals surface area contributed by atoms with E-state index in [2.05, 4.69) is 43.7 Å². The van der Waals surface area contributed by atoms with Crippen LogP contribution in [0.25, 0.3) is 0 Å². The molecule has 1 heterocycles. The van der Waals surface area contributed by atoms with Crippen LogP contribution in [-0.4, -0.2) is 16.7 Å². The fourth-order valence-electron chi connectivity index (χ4n) is 1.45. The summed E-state index contributed by atoms with van der Waals surface area (Å²) in [5, 5.41) is 14.7. The molecule has 0 spiro atoms. The van der Waals surface area contributed by atoms with Crippen molar-refractivity contribution in [1.29, 1.82) is 0 Å². The normalized spacial score (nSPS) is 10.7. The molecular weight excluding hydrogens is 332 g/mol. The third-order valence-electron chi connectivity index (χ3n) is 2.34. The van der Waals surface area contributed by atoms with Gasteiger partial charge in [0.1, 0.15) is 0 Å². The van der Waals surface area contributed by atoms with Crippen molar-refractivity contribution in [1.82, 2.24) is 15.5 Å². The SMILES string of the molecule is CCCNCc1nnc(Nc2ccc(Cl)c(Br)c2)o1. The Bertz CT molecular complexity index is 546. The molecule has 5 nitrogen and oxygen atoms in total. The minimum atomic E-state index is 0.363. The van der Waals surface area contributed by atoms with Gasteiger partial charge in [-0.1, -0.05) is 23.6 Å². The summed E-state index contributed by atoms with van der Waals surface area (Å²) in [5.74, 6) is 0.559. The average molecular weight is 346 g/mol. The Morgan fingerprint density at radius 1 is 1.37 bits per heavy atom. The van der Waals surface area contributed by atoms with Gasteiger partial charge < -0.3 is 15.1 Å². The summed E-state index contributed by atoms with van der Waals surface area (Å²) < 4.78 is 6.27. The molecule has 2 rings (SSSR count). The van der Waals surface area contributed by atoms with Gasteiger partial charge in [0.05, 0.1) is 11.6 Å². The summed E-state index contributed by atoms with van der Waals surface area (Å²) in [4.78, 5) is 0. The number of anilines is 2. The van der Waals surface area contributed by atoms with Crippen molar-refractivity contribution in [3.63, 3.8) is 0 Å². The molecule has 0 aliphatic rings. The summed E-state index contributed by atoms with van der Waals surface area (Å²) in [6, 6.07) is 5.84. The van der Waals surface area contributed by atoms with Crippen molar-refractivity contribution in [2.24, 2.45) is 0 Å². The van der Waals surface area contributed by atoms with Gasteiger partial charge in [-0.2, -0.15) is 0 Å². The number of halogens is 2. The average Bonchev–Trinajstić information content (AvgIpc) is 2.82. The van der Waals surface area contributed by atoms with Gasteiger partial charge in [-0.05, 0) is 47.1 Å². The van der Waals surface area contributed by atoms with Gasteiger partial charge in [0.25, 0.3) is 0 Å². The summed E-state index contributed by atoms with van der Waals surface area (Å²) in [7, 11) is 0. The van der Waals surface area contributed by atoms with Crippen LogP contribution in [0.3, 0.4) is 0 Å². The van der Waals surface area contributed by atoms with E-state index in [4.69, 9.17) is 16.0 Å². The zero-order valence-corrected chi connectivity index (χ0v) is 12.8. The number of aromatic nitrogens is 2. The lowest BCUT2D eigenvalue weighted by molar-refractivity contribution is 0.479. The first-order chi connectivity index (χ1) is 9.19. The molecule has 2 N–H and O–H groups in total. The third kappa shape index (κ3) is 4.19. The lowest BCUT2D eigenvalue weighted by atomic mass is 10.3. The summed E-state index contributed by atoms with van der Waals surface area (Å²) in [6.45, 7) is 3.61. The van der Waals surface area contributed by atoms with Crippen molar-refractivity contribution in [2.75, 3.05) is 11.9 Å². The zero-order valence-electron chi connectivity index (χ0n) is 10.4. The van der Waals surface area contributed by atoms with E-state index in [1.165, 1.54) is 0 Å². The molecule has 0 fully saturated rings. The van der Waals surface area contributed by atoms with E-state index in [1.807, 2.05) is 12.1 Å². The number of hydrogen-bond acceptors (Lipinski definition) is 5. The maximum atomic E-state index is 5.92. The molecule has 0 amide bonds. The molecule has 0 unspecified atom stereocenters. The first-order valence-electron chi connectivity index (χ1n) is 5.94. The van der Waals surface area contributed by atoms with E-state index in [9.17, 15) is 0 Å². The predicted molar refractivity (Wildman–Crippen MR) is 78.7 cm³/mol. The molecule has 7 heteroatoms. The number of rotatable bonds is 6. The van der Waals surface area contributed by atoms with Crippen LogP contribution in [0.4, 0.5) is 11.7 Å². The third-order valence-corrected chi connectivity index (χ3v) is 3.55. The maximum absolute atomic E-state index is 5.92. The molecule has 0 aliphatic carbocycles. The summed E-state index contributed by atoms with van der Waals surface area (Å²) in [5.41, 5.74) is 0.827. The van der Waals surface area contributed by atoms with E-state index >= 15 is 0 Å². The zero-order chi connectivity index (χ0) is 13.7. The quantitative estimate of drug-likeness (QED) is 0.781. The Balaban J connectivity index is 1.97. The van der Waals surface area contributed by atoms with E-state index in [-0.39, 0.29) is 0 Å². The Morgan fingerprint density at radius 3 is 2.95 bits per heavy atom. The molecule has 102 valence electrons. The van der Waals surface area contributed by atoms with Gasteiger partial charge in [0, 0.05) is 10.2 Å². The highest BCUT2D eigenvalue weighted by atomic mass is 79.9. The maximum Gasteiger partial charge on any atom is 0.320 e. The Kier molecular flexibility index (Phi) is 5.18. The standard InChI is InChI=1S/C12H14BrClN4O/c1-2-5-15-7-11-17-18-12(19-11)16-8-3-4-10(14)9(13)6-8/h3-4,6,15H,2,5,7H2,1H3,(H,16,18). The minimum Gasteiger partial charge on any atom is -0.406 e. The molecule has 0 bridgehead atoms. The monoisotopic (exact) mass is 344 g/mol. The van der Waals surface area contributed by atoms with Crippen molar-refractivity contribution in [3.8, 4) is 0 Å². The van der Waals surface area contributed by atoms with Gasteiger partial charge in [-0.15, -0.1) is 5.10 Å². The van der Waals surface area contributed by atoms with Crippen molar-refractivity contribution < 1.29 is 4.42 Å². The predicted octanol–water partition coefficient (Wildman–Crippen LogP) is 3.73. The van der Waals surface area contributed by atoms with E-state index < -0.39 is 0 Å². The topological polar surface area (TPSA) is 63.0 Å². The fraction of sp³-hybridized carbons (Fsp3) is 0.333. The number of nitrogens with one attached hydrogen (secondary N) is 2. The number of nitrogens with zero attached hydrogens (tertiary/aromatic N) is 2. The summed E-state index contributed by atoms with van der Waals surface area (Å²) in [6.07, 6.45) is 1.07. The van der Waals surface area contributed by atoms with Gasteiger partial charge in [0.2, 0.25) is 5.89 Å².